The van der Waals surface area contributed by atoms with Crippen LogP contribution in [0.5, 0.6) is 0 Å². The van der Waals surface area contributed by atoms with E-state index in [1.807, 2.05) is 0 Å². The minimum atomic E-state index is 0.0578. The number of nitrogens with one attached hydrogen (secondary N) is 1. The SMILES string of the molecule is CC1CNC2(CCOC(C)(C)C2)S1. The van der Waals surface area contributed by atoms with Crippen LogP contribution < -0.4 is 5.32 Å². The zero-order chi connectivity index (χ0) is 9.53. The molecule has 2 fully saturated rings. The first kappa shape index (κ1) is 9.81. The average Bonchev–Trinajstić information content (AvgIpc) is 2.29. The Morgan fingerprint density at radius 2 is 2.23 bits per heavy atom. The van der Waals surface area contributed by atoms with Gasteiger partial charge in [0.05, 0.1) is 10.5 Å². The molecule has 0 aliphatic carbocycles. The molecule has 76 valence electrons. The summed E-state index contributed by atoms with van der Waals surface area (Å²) in [6.45, 7) is 8.74. The van der Waals surface area contributed by atoms with Gasteiger partial charge in [0.15, 0.2) is 0 Å². The van der Waals surface area contributed by atoms with Crippen LogP contribution in [-0.2, 0) is 4.74 Å². The van der Waals surface area contributed by atoms with Crippen LogP contribution in [0.2, 0.25) is 0 Å². The van der Waals surface area contributed by atoms with E-state index in [9.17, 15) is 0 Å². The lowest BCUT2D eigenvalue weighted by Crippen LogP contribution is -2.49. The predicted octanol–water partition coefficient (Wildman–Crippen LogP) is 2.00. The summed E-state index contributed by atoms with van der Waals surface area (Å²) in [7, 11) is 0. The molecule has 0 aromatic rings. The maximum absolute atomic E-state index is 5.73. The second-order valence-electron chi connectivity index (χ2n) is 4.84. The minimum Gasteiger partial charge on any atom is -0.375 e. The molecule has 0 aromatic carbocycles. The van der Waals surface area contributed by atoms with Gasteiger partial charge >= 0.3 is 0 Å². The van der Waals surface area contributed by atoms with Crippen molar-refractivity contribution in [1.29, 1.82) is 0 Å². The van der Waals surface area contributed by atoms with Crippen molar-refractivity contribution in [2.24, 2.45) is 0 Å². The van der Waals surface area contributed by atoms with Gasteiger partial charge in [-0.2, -0.15) is 0 Å². The van der Waals surface area contributed by atoms with E-state index < -0.39 is 0 Å². The van der Waals surface area contributed by atoms with Gasteiger partial charge in [0.1, 0.15) is 0 Å². The lowest BCUT2D eigenvalue weighted by Gasteiger charge is -2.42. The van der Waals surface area contributed by atoms with Crippen molar-refractivity contribution in [1.82, 2.24) is 5.32 Å². The van der Waals surface area contributed by atoms with Crippen molar-refractivity contribution >= 4 is 11.8 Å². The fourth-order valence-electron chi connectivity index (χ4n) is 2.37. The van der Waals surface area contributed by atoms with Crippen LogP contribution in [0, 0.1) is 0 Å². The summed E-state index contributed by atoms with van der Waals surface area (Å²) in [5.74, 6) is 0. The molecule has 0 aromatic heterocycles. The van der Waals surface area contributed by atoms with Gasteiger partial charge in [0.2, 0.25) is 0 Å². The quantitative estimate of drug-likeness (QED) is 0.647. The second kappa shape index (κ2) is 3.14. The van der Waals surface area contributed by atoms with Crippen molar-refractivity contribution in [2.75, 3.05) is 13.2 Å². The molecule has 2 aliphatic heterocycles. The molecule has 0 bridgehead atoms. The molecule has 2 saturated heterocycles. The number of hydrogen-bond donors (Lipinski definition) is 1. The molecule has 1 N–H and O–H groups in total. The summed E-state index contributed by atoms with van der Waals surface area (Å²) in [6.07, 6.45) is 2.29. The summed E-state index contributed by atoms with van der Waals surface area (Å²) in [6, 6.07) is 0. The summed E-state index contributed by atoms with van der Waals surface area (Å²) in [5, 5.41) is 4.42. The Bertz CT molecular complexity index is 203. The monoisotopic (exact) mass is 201 g/mol. The van der Waals surface area contributed by atoms with E-state index in [1.54, 1.807) is 0 Å². The van der Waals surface area contributed by atoms with E-state index in [4.69, 9.17) is 4.74 Å². The molecule has 2 aliphatic rings. The number of hydrogen-bond acceptors (Lipinski definition) is 3. The third-order valence-corrected chi connectivity index (χ3v) is 4.36. The Hall–Kier alpha value is 0.270. The molecule has 0 radical (unpaired) electrons. The zero-order valence-electron chi connectivity index (χ0n) is 8.72. The van der Waals surface area contributed by atoms with Gasteiger partial charge in [-0.3, -0.25) is 0 Å². The highest BCUT2D eigenvalue weighted by Gasteiger charge is 2.45. The normalized spacial score (nSPS) is 44.1. The van der Waals surface area contributed by atoms with Crippen LogP contribution in [0.1, 0.15) is 33.6 Å². The molecule has 0 amide bonds. The molecule has 2 nitrogen and oxygen atoms in total. The van der Waals surface area contributed by atoms with Crippen LogP contribution in [0.3, 0.4) is 0 Å². The Balaban J connectivity index is 2.07. The van der Waals surface area contributed by atoms with Gasteiger partial charge in [0, 0.05) is 24.8 Å². The average molecular weight is 201 g/mol. The van der Waals surface area contributed by atoms with Crippen molar-refractivity contribution in [3.05, 3.63) is 0 Å². The van der Waals surface area contributed by atoms with Crippen LogP contribution in [0.15, 0.2) is 0 Å². The third kappa shape index (κ3) is 2.03. The van der Waals surface area contributed by atoms with Crippen molar-refractivity contribution in [3.8, 4) is 0 Å². The fourth-order valence-corrected chi connectivity index (χ4v) is 4.10. The van der Waals surface area contributed by atoms with Gasteiger partial charge in [-0.25, -0.2) is 0 Å². The lowest BCUT2D eigenvalue weighted by molar-refractivity contribution is -0.0678. The largest absolute Gasteiger partial charge is 0.375 e. The van der Waals surface area contributed by atoms with Gasteiger partial charge < -0.3 is 10.1 Å². The van der Waals surface area contributed by atoms with Crippen LogP contribution in [0.25, 0.3) is 0 Å². The highest BCUT2D eigenvalue weighted by Crippen LogP contribution is 2.44. The van der Waals surface area contributed by atoms with E-state index in [2.05, 4.69) is 37.8 Å². The Morgan fingerprint density at radius 3 is 2.77 bits per heavy atom. The molecule has 0 saturated carbocycles. The molecule has 13 heavy (non-hydrogen) atoms. The van der Waals surface area contributed by atoms with Crippen molar-refractivity contribution < 1.29 is 4.74 Å². The van der Waals surface area contributed by atoms with Crippen LogP contribution in [0.4, 0.5) is 0 Å². The highest BCUT2D eigenvalue weighted by molar-refractivity contribution is 8.01. The molecular formula is C10H19NOS. The summed E-state index contributed by atoms with van der Waals surface area (Å²) < 4.78 is 5.73. The molecule has 2 rings (SSSR count). The zero-order valence-corrected chi connectivity index (χ0v) is 9.54. The topological polar surface area (TPSA) is 21.3 Å². The van der Waals surface area contributed by atoms with Crippen molar-refractivity contribution in [3.63, 3.8) is 0 Å². The van der Waals surface area contributed by atoms with Gasteiger partial charge in [-0.1, -0.05) is 6.92 Å². The fraction of sp³-hybridized carbons (Fsp3) is 1.00. The van der Waals surface area contributed by atoms with E-state index in [1.165, 1.54) is 0 Å². The molecule has 1 spiro atoms. The van der Waals surface area contributed by atoms with Gasteiger partial charge in [0.25, 0.3) is 0 Å². The molecule has 3 heteroatoms. The smallest absolute Gasteiger partial charge is 0.0698 e. The molecule has 2 atom stereocenters. The summed E-state index contributed by atoms with van der Waals surface area (Å²) in [4.78, 5) is 0.321. The third-order valence-electron chi connectivity index (χ3n) is 2.85. The summed E-state index contributed by atoms with van der Waals surface area (Å²) in [5.41, 5.74) is 0.0578. The molecule has 2 heterocycles. The Kier molecular flexibility index (Phi) is 2.37. The highest BCUT2D eigenvalue weighted by atomic mass is 32.2. The first-order valence-electron chi connectivity index (χ1n) is 5.08. The van der Waals surface area contributed by atoms with E-state index >= 15 is 0 Å². The summed E-state index contributed by atoms with van der Waals surface area (Å²) >= 11 is 2.10. The number of thioether (sulfide) groups is 1. The number of rotatable bonds is 0. The predicted molar refractivity (Wildman–Crippen MR) is 57.1 cm³/mol. The van der Waals surface area contributed by atoms with Crippen LogP contribution in [-0.4, -0.2) is 28.9 Å². The van der Waals surface area contributed by atoms with Crippen molar-refractivity contribution in [2.45, 2.75) is 49.3 Å². The van der Waals surface area contributed by atoms with E-state index in [0.717, 1.165) is 31.2 Å². The lowest BCUT2D eigenvalue weighted by atomic mass is 9.93. The minimum absolute atomic E-state index is 0.0578. The number of ether oxygens (including phenoxy) is 1. The second-order valence-corrected chi connectivity index (χ2v) is 6.66. The van der Waals surface area contributed by atoms with Crippen LogP contribution >= 0.6 is 11.8 Å². The first-order chi connectivity index (χ1) is 6.02. The Labute approximate surface area is 84.8 Å². The maximum Gasteiger partial charge on any atom is 0.0698 e. The standard InChI is InChI=1S/C10H19NOS/c1-8-6-11-10(13-8)4-5-12-9(2,3)7-10/h8,11H,4-7H2,1-3H3. The van der Waals surface area contributed by atoms with E-state index in [-0.39, 0.29) is 5.60 Å². The van der Waals surface area contributed by atoms with Gasteiger partial charge in [-0.15, -0.1) is 11.8 Å². The van der Waals surface area contributed by atoms with E-state index in [0.29, 0.717) is 4.87 Å². The maximum atomic E-state index is 5.73. The van der Waals surface area contributed by atoms with Gasteiger partial charge in [-0.05, 0) is 20.3 Å². The Morgan fingerprint density at radius 1 is 1.46 bits per heavy atom. The molecule has 2 unspecified atom stereocenters. The first-order valence-corrected chi connectivity index (χ1v) is 5.96. The molecular weight excluding hydrogens is 182 g/mol.